The Balaban J connectivity index is 2.33. The first-order chi connectivity index (χ1) is 8.41. The number of likely N-dealkylation sites (N-methyl/N-ethyl adjacent to an activating group) is 1. The molecule has 0 amide bonds. The van der Waals surface area contributed by atoms with Crippen LogP contribution >= 0.6 is 11.6 Å². The summed E-state index contributed by atoms with van der Waals surface area (Å²) >= 11 is 5.90. The van der Waals surface area contributed by atoms with Crippen LogP contribution in [0.1, 0.15) is 5.56 Å². The van der Waals surface area contributed by atoms with Crippen LogP contribution in [0.2, 0.25) is 5.15 Å². The van der Waals surface area contributed by atoms with Gasteiger partial charge in [0.25, 0.3) is 0 Å². The van der Waals surface area contributed by atoms with Gasteiger partial charge in [0.05, 0.1) is 0 Å². The predicted molar refractivity (Wildman–Crippen MR) is 70.2 cm³/mol. The molecular formula is C11H16ClN3O2S. The molecular weight excluding hydrogens is 274 g/mol. The van der Waals surface area contributed by atoms with E-state index in [9.17, 15) is 8.42 Å². The SMILES string of the molecule is Cc1cnc(Cl)c(S(=O)(=O)N2CCN(C)CC2)c1. The molecule has 1 aliphatic rings. The van der Waals surface area contributed by atoms with Crippen LogP contribution in [-0.4, -0.2) is 55.8 Å². The van der Waals surface area contributed by atoms with Gasteiger partial charge in [-0.1, -0.05) is 11.6 Å². The lowest BCUT2D eigenvalue weighted by molar-refractivity contribution is 0.222. The van der Waals surface area contributed by atoms with Crippen LogP contribution in [0.3, 0.4) is 0 Å². The third kappa shape index (κ3) is 2.66. The molecule has 0 unspecified atom stereocenters. The molecule has 0 radical (unpaired) electrons. The zero-order valence-corrected chi connectivity index (χ0v) is 12.0. The summed E-state index contributed by atoms with van der Waals surface area (Å²) in [7, 11) is -1.55. The Kier molecular flexibility index (Phi) is 3.91. The van der Waals surface area contributed by atoms with E-state index >= 15 is 0 Å². The zero-order valence-electron chi connectivity index (χ0n) is 10.4. The van der Waals surface area contributed by atoms with Gasteiger partial charge in [-0.2, -0.15) is 4.31 Å². The second-order valence-electron chi connectivity index (χ2n) is 4.51. The van der Waals surface area contributed by atoms with Crippen LogP contribution in [0.5, 0.6) is 0 Å². The van der Waals surface area contributed by atoms with Crippen molar-refractivity contribution >= 4 is 21.6 Å². The molecule has 100 valence electrons. The van der Waals surface area contributed by atoms with Crippen molar-refractivity contribution in [3.05, 3.63) is 23.0 Å². The third-order valence-electron chi connectivity index (χ3n) is 3.02. The minimum atomic E-state index is -3.53. The van der Waals surface area contributed by atoms with Crippen LogP contribution in [0.25, 0.3) is 0 Å². The topological polar surface area (TPSA) is 53.5 Å². The fourth-order valence-corrected chi connectivity index (χ4v) is 3.79. The Labute approximate surface area is 112 Å². The molecule has 2 heterocycles. The summed E-state index contributed by atoms with van der Waals surface area (Å²) in [4.78, 5) is 6.11. The summed E-state index contributed by atoms with van der Waals surface area (Å²) in [5.74, 6) is 0. The lowest BCUT2D eigenvalue weighted by atomic mass is 10.3. The molecule has 1 aromatic rings. The summed E-state index contributed by atoms with van der Waals surface area (Å²) in [5.41, 5.74) is 0.784. The zero-order chi connectivity index (χ0) is 13.3. The number of halogens is 1. The average molecular weight is 290 g/mol. The number of sulfonamides is 1. The lowest BCUT2D eigenvalue weighted by Gasteiger charge is -2.31. The molecule has 0 aromatic carbocycles. The second kappa shape index (κ2) is 5.13. The Hall–Kier alpha value is -0.690. The van der Waals surface area contributed by atoms with E-state index in [0.717, 1.165) is 18.7 Å². The van der Waals surface area contributed by atoms with Crippen molar-refractivity contribution in [1.82, 2.24) is 14.2 Å². The molecule has 0 saturated carbocycles. The normalized spacial score (nSPS) is 19.1. The van der Waals surface area contributed by atoms with Gasteiger partial charge in [-0.3, -0.25) is 0 Å². The van der Waals surface area contributed by atoms with E-state index in [2.05, 4.69) is 9.88 Å². The maximum atomic E-state index is 12.4. The molecule has 1 aliphatic heterocycles. The number of aryl methyl sites for hydroxylation is 1. The highest BCUT2D eigenvalue weighted by Gasteiger charge is 2.29. The Morgan fingerprint density at radius 2 is 1.89 bits per heavy atom. The number of hydrogen-bond donors (Lipinski definition) is 0. The van der Waals surface area contributed by atoms with Gasteiger partial charge >= 0.3 is 0 Å². The standard InChI is InChI=1S/C11H16ClN3O2S/c1-9-7-10(11(12)13-8-9)18(16,17)15-5-3-14(2)4-6-15/h7-8H,3-6H2,1-2H3. The van der Waals surface area contributed by atoms with E-state index in [1.807, 2.05) is 7.05 Å². The van der Waals surface area contributed by atoms with Crippen LogP contribution in [0.4, 0.5) is 0 Å². The van der Waals surface area contributed by atoms with E-state index in [4.69, 9.17) is 11.6 Å². The van der Waals surface area contributed by atoms with E-state index in [0.29, 0.717) is 13.1 Å². The molecule has 0 atom stereocenters. The van der Waals surface area contributed by atoms with Crippen molar-refractivity contribution in [2.24, 2.45) is 0 Å². The van der Waals surface area contributed by atoms with Crippen LogP contribution in [0.15, 0.2) is 17.2 Å². The summed E-state index contributed by atoms with van der Waals surface area (Å²) in [6.45, 7) is 4.24. The van der Waals surface area contributed by atoms with Crippen molar-refractivity contribution in [3.8, 4) is 0 Å². The van der Waals surface area contributed by atoms with Gasteiger partial charge in [0.15, 0.2) is 0 Å². The molecule has 7 heteroatoms. The number of hydrogen-bond acceptors (Lipinski definition) is 4. The van der Waals surface area contributed by atoms with Gasteiger partial charge in [-0.25, -0.2) is 13.4 Å². The highest BCUT2D eigenvalue weighted by molar-refractivity contribution is 7.89. The van der Waals surface area contributed by atoms with E-state index in [1.165, 1.54) is 4.31 Å². The molecule has 5 nitrogen and oxygen atoms in total. The van der Waals surface area contributed by atoms with E-state index in [-0.39, 0.29) is 10.0 Å². The summed E-state index contributed by atoms with van der Waals surface area (Å²) in [6, 6.07) is 1.57. The largest absolute Gasteiger partial charge is 0.304 e. The molecule has 1 saturated heterocycles. The van der Waals surface area contributed by atoms with Gasteiger partial charge in [0.2, 0.25) is 10.0 Å². The van der Waals surface area contributed by atoms with Crippen molar-refractivity contribution in [3.63, 3.8) is 0 Å². The minimum absolute atomic E-state index is 0.0412. The highest BCUT2D eigenvalue weighted by atomic mass is 35.5. The van der Waals surface area contributed by atoms with E-state index < -0.39 is 10.0 Å². The average Bonchev–Trinajstić information content (AvgIpc) is 2.32. The smallest absolute Gasteiger partial charge is 0.246 e. The van der Waals surface area contributed by atoms with Crippen molar-refractivity contribution in [2.45, 2.75) is 11.8 Å². The number of piperazine rings is 1. The molecule has 18 heavy (non-hydrogen) atoms. The Bertz CT molecular complexity index is 539. The van der Waals surface area contributed by atoms with Crippen LogP contribution < -0.4 is 0 Å². The number of rotatable bonds is 2. The van der Waals surface area contributed by atoms with Crippen molar-refractivity contribution in [1.29, 1.82) is 0 Å². The molecule has 0 N–H and O–H groups in total. The molecule has 0 spiro atoms. The predicted octanol–water partition coefficient (Wildman–Crippen LogP) is 0.980. The summed E-state index contributed by atoms with van der Waals surface area (Å²) in [5, 5.41) is 0.0412. The van der Waals surface area contributed by atoms with Gasteiger partial charge in [0, 0.05) is 32.4 Å². The molecule has 1 fully saturated rings. The maximum absolute atomic E-state index is 12.4. The highest BCUT2D eigenvalue weighted by Crippen LogP contribution is 2.24. The number of pyridine rings is 1. The molecule has 1 aromatic heterocycles. The minimum Gasteiger partial charge on any atom is -0.304 e. The molecule has 0 aliphatic carbocycles. The molecule has 0 bridgehead atoms. The first-order valence-electron chi connectivity index (χ1n) is 5.72. The third-order valence-corrected chi connectivity index (χ3v) is 5.35. The van der Waals surface area contributed by atoms with Crippen molar-refractivity contribution in [2.75, 3.05) is 33.2 Å². The van der Waals surface area contributed by atoms with Gasteiger partial charge in [-0.05, 0) is 25.6 Å². The summed E-state index contributed by atoms with van der Waals surface area (Å²) in [6.07, 6.45) is 1.56. The summed E-state index contributed by atoms with van der Waals surface area (Å²) < 4.78 is 26.4. The van der Waals surface area contributed by atoms with Gasteiger partial charge in [0.1, 0.15) is 10.0 Å². The lowest BCUT2D eigenvalue weighted by Crippen LogP contribution is -2.47. The van der Waals surface area contributed by atoms with Crippen molar-refractivity contribution < 1.29 is 8.42 Å². The first kappa shape index (κ1) is 13.7. The van der Waals surface area contributed by atoms with Gasteiger partial charge in [-0.15, -0.1) is 0 Å². The Morgan fingerprint density at radius 3 is 2.50 bits per heavy atom. The maximum Gasteiger partial charge on any atom is 0.246 e. The first-order valence-corrected chi connectivity index (χ1v) is 7.54. The number of aromatic nitrogens is 1. The fourth-order valence-electron chi connectivity index (χ4n) is 1.87. The van der Waals surface area contributed by atoms with E-state index in [1.54, 1.807) is 19.2 Å². The quantitative estimate of drug-likeness (QED) is 0.762. The monoisotopic (exact) mass is 289 g/mol. The molecule has 2 rings (SSSR count). The Morgan fingerprint density at radius 1 is 1.28 bits per heavy atom. The van der Waals surface area contributed by atoms with Crippen LogP contribution in [-0.2, 0) is 10.0 Å². The second-order valence-corrected chi connectivity index (χ2v) is 6.77. The van der Waals surface area contributed by atoms with Gasteiger partial charge < -0.3 is 4.90 Å². The van der Waals surface area contributed by atoms with Crippen LogP contribution in [0, 0.1) is 6.92 Å². The fraction of sp³-hybridized carbons (Fsp3) is 0.545. The number of nitrogens with zero attached hydrogens (tertiary/aromatic N) is 3.